The Morgan fingerprint density at radius 2 is 2.19 bits per heavy atom. The Bertz CT molecular complexity index is 607. The number of benzene rings is 1. The fourth-order valence-electron chi connectivity index (χ4n) is 1.54. The first-order valence-corrected chi connectivity index (χ1v) is 5.75. The van der Waals surface area contributed by atoms with Crippen LogP contribution >= 0.6 is 15.9 Å². The van der Waals surface area contributed by atoms with Crippen LogP contribution in [0.2, 0.25) is 0 Å². The van der Waals surface area contributed by atoms with Gasteiger partial charge in [-0.2, -0.15) is 0 Å². The van der Waals surface area contributed by atoms with Crippen LogP contribution in [0.1, 0.15) is 23.0 Å². The molecule has 2 rings (SSSR count). The highest BCUT2D eigenvalue weighted by molar-refractivity contribution is 9.09. The van der Waals surface area contributed by atoms with Crippen molar-refractivity contribution in [3.05, 3.63) is 39.6 Å². The van der Waals surface area contributed by atoms with E-state index in [0.717, 1.165) is 0 Å². The van der Waals surface area contributed by atoms with Gasteiger partial charge >= 0.3 is 0 Å². The first kappa shape index (κ1) is 11.3. The molecule has 5 heteroatoms. The molecule has 1 aromatic carbocycles. The van der Waals surface area contributed by atoms with E-state index < -0.39 is 5.82 Å². The molecule has 0 radical (unpaired) electrons. The summed E-state index contributed by atoms with van der Waals surface area (Å²) in [5, 5.41) is 0. The van der Waals surface area contributed by atoms with E-state index in [1.807, 2.05) is 6.92 Å². The van der Waals surface area contributed by atoms with Crippen molar-refractivity contribution in [1.29, 1.82) is 0 Å². The van der Waals surface area contributed by atoms with Crippen molar-refractivity contribution in [3.8, 4) is 0 Å². The molecule has 0 spiro atoms. The highest BCUT2D eigenvalue weighted by Gasteiger charge is 2.13. The molecule has 2 aromatic rings. The molecule has 1 atom stereocenters. The number of aryl methyl sites for hydroxylation is 1. The molecule has 1 unspecified atom stereocenters. The second-order valence-corrected chi connectivity index (χ2v) is 5.00. The van der Waals surface area contributed by atoms with Gasteiger partial charge in [0.05, 0.1) is 5.52 Å². The van der Waals surface area contributed by atoms with Crippen LogP contribution < -0.4 is 5.56 Å². The molecule has 0 aliphatic carbocycles. The standard InChI is InChI=1S/C11H10BrFN2O/c1-5(12)7-3-4-8-10(9(7)13)15-11(16)6(2)14-8/h3-5H,1-2H3,(H,15,16). The van der Waals surface area contributed by atoms with Crippen molar-refractivity contribution < 1.29 is 4.39 Å². The molecular weight excluding hydrogens is 275 g/mol. The Morgan fingerprint density at radius 1 is 1.50 bits per heavy atom. The van der Waals surface area contributed by atoms with Crippen molar-refractivity contribution in [2.24, 2.45) is 0 Å². The number of hydrogen-bond donors (Lipinski definition) is 1. The summed E-state index contributed by atoms with van der Waals surface area (Å²) in [6, 6.07) is 3.37. The van der Waals surface area contributed by atoms with Crippen molar-refractivity contribution in [3.63, 3.8) is 0 Å². The number of aromatic amines is 1. The summed E-state index contributed by atoms with van der Waals surface area (Å²) >= 11 is 3.30. The lowest BCUT2D eigenvalue weighted by atomic mass is 10.1. The van der Waals surface area contributed by atoms with E-state index in [2.05, 4.69) is 25.9 Å². The topological polar surface area (TPSA) is 45.8 Å². The van der Waals surface area contributed by atoms with Crippen LogP contribution in [0.25, 0.3) is 11.0 Å². The number of halogens is 2. The number of fused-ring (bicyclic) bond motifs is 1. The molecule has 0 aliphatic heterocycles. The van der Waals surface area contributed by atoms with Crippen LogP contribution in [0.3, 0.4) is 0 Å². The Balaban J connectivity index is 2.84. The fourth-order valence-corrected chi connectivity index (χ4v) is 1.89. The van der Waals surface area contributed by atoms with E-state index in [1.54, 1.807) is 19.1 Å². The molecule has 0 aliphatic rings. The smallest absolute Gasteiger partial charge is 0.269 e. The SMILES string of the molecule is Cc1nc2ccc(C(C)Br)c(F)c2[nH]c1=O. The van der Waals surface area contributed by atoms with Gasteiger partial charge in [0.2, 0.25) is 0 Å². The summed E-state index contributed by atoms with van der Waals surface area (Å²) in [4.78, 5) is 17.8. The number of H-pyrrole nitrogens is 1. The van der Waals surface area contributed by atoms with Crippen LogP contribution in [0, 0.1) is 12.7 Å². The summed E-state index contributed by atoms with van der Waals surface area (Å²) in [5.74, 6) is -0.425. The van der Waals surface area contributed by atoms with E-state index in [1.165, 1.54) is 0 Å². The van der Waals surface area contributed by atoms with Gasteiger partial charge in [0.1, 0.15) is 11.2 Å². The Morgan fingerprint density at radius 3 is 2.81 bits per heavy atom. The molecule has 16 heavy (non-hydrogen) atoms. The van der Waals surface area contributed by atoms with Gasteiger partial charge in [-0.3, -0.25) is 4.79 Å². The third kappa shape index (κ3) is 1.75. The predicted molar refractivity (Wildman–Crippen MR) is 64.4 cm³/mol. The average molecular weight is 285 g/mol. The number of aromatic nitrogens is 2. The molecule has 1 N–H and O–H groups in total. The molecule has 1 heterocycles. The second kappa shape index (κ2) is 3.97. The third-order valence-corrected chi connectivity index (χ3v) is 2.93. The normalized spacial score (nSPS) is 13.0. The number of nitrogens with zero attached hydrogens (tertiary/aromatic N) is 1. The zero-order valence-corrected chi connectivity index (χ0v) is 10.4. The fraction of sp³-hybridized carbons (Fsp3) is 0.273. The van der Waals surface area contributed by atoms with Gasteiger partial charge in [-0.1, -0.05) is 22.0 Å². The maximum atomic E-state index is 14.0. The number of nitrogens with one attached hydrogen (secondary N) is 1. The molecule has 3 nitrogen and oxygen atoms in total. The maximum absolute atomic E-state index is 14.0. The Labute approximate surface area is 99.8 Å². The lowest BCUT2D eigenvalue weighted by molar-refractivity contribution is 0.620. The van der Waals surface area contributed by atoms with Crippen molar-refractivity contribution >= 4 is 27.0 Å². The zero-order chi connectivity index (χ0) is 11.9. The summed E-state index contributed by atoms with van der Waals surface area (Å²) < 4.78 is 14.0. The first-order valence-electron chi connectivity index (χ1n) is 4.84. The summed E-state index contributed by atoms with van der Waals surface area (Å²) in [6.45, 7) is 3.42. The van der Waals surface area contributed by atoms with E-state index in [-0.39, 0.29) is 15.9 Å². The maximum Gasteiger partial charge on any atom is 0.269 e. The van der Waals surface area contributed by atoms with E-state index >= 15 is 0 Å². The summed E-state index contributed by atoms with van der Waals surface area (Å²) in [5.41, 5.74) is 1.12. The zero-order valence-electron chi connectivity index (χ0n) is 8.84. The van der Waals surface area contributed by atoms with Gasteiger partial charge in [-0.05, 0) is 19.9 Å². The van der Waals surface area contributed by atoms with Crippen LogP contribution in [0.5, 0.6) is 0 Å². The number of hydrogen-bond acceptors (Lipinski definition) is 2. The summed E-state index contributed by atoms with van der Waals surface area (Å²) in [6.07, 6.45) is 0. The lowest BCUT2D eigenvalue weighted by Gasteiger charge is -2.07. The molecule has 0 saturated carbocycles. The van der Waals surface area contributed by atoms with Gasteiger partial charge in [-0.25, -0.2) is 9.37 Å². The van der Waals surface area contributed by atoms with Crippen molar-refractivity contribution in [2.45, 2.75) is 18.7 Å². The van der Waals surface area contributed by atoms with Gasteiger partial charge in [0.15, 0.2) is 5.82 Å². The average Bonchev–Trinajstić information content (AvgIpc) is 2.21. The first-order chi connectivity index (χ1) is 7.50. The lowest BCUT2D eigenvalue weighted by Crippen LogP contribution is -2.12. The van der Waals surface area contributed by atoms with Gasteiger partial charge < -0.3 is 4.98 Å². The minimum atomic E-state index is -0.425. The quantitative estimate of drug-likeness (QED) is 0.819. The van der Waals surface area contributed by atoms with E-state index in [0.29, 0.717) is 16.8 Å². The molecule has 0 amide bonds. The van der Waals surface area contributed by atoms with Gasteiger partial charge in [-0.15, -0.1) is 0 Å². The van der Waals surface area contributed by atoms with Crippen LogP contribution in [-0.4, -0.2) is 9.97 Å². The molecule has 0 bridgehead atoms. The second-order valence-electron chi connectivity index (χ2n) is 3.63. The van der Waals surface area contributed by atoms with Gasteiger partial charge in [0.25, 0.3) is 5.56 Å². The summed E-state index contributed by atoms with van der Waals surface area (Å²) in [7, 11) is 0. The molecule has 84 valence electrons. The highest BCUT2D eigenvalue weighted by atomic mass is 79.9. The van der Waals surface area contributed by atoms with E-state index in [9.17, 15) is 9.18 Å². The molecular formula is C11H10BrFN2O. The Kier molecular flexibility index (Phi) is 2.80. The minimum Gasteiger partial charge on any atom is -0.317 e. The molecule has 0 fully saturated rings. The van der Waals surface area contributed by atoms with Gasteiger partial charge in [0, 0.05) is 10.4 Å². The molecule has 1 aromatic heterocycles. The number of rotatable bonds is 1. The molecule has 0 saturated heterocycles. The Hall–Kier alpha value is -1.23. The van der Waals surface area contributed by atoms with E-state index in [4.69, 9.17) is 0 Å². The predicted octanol–water partition coefficient (Wildman–Crippen LogP) is 2.83. The highest BCUT2D eigenvalue weighted by Crippen LogP contribution is 2.27. The largest absolute Gasteiger partial charge is 0.317 e. The monoisotopic (exact) mass is 284 g/mol. The third-order valence-electron chi connectivity index (χ3n) is 2.43. The minimum absolute atomic E-state index is 0.110. The van der Waals surface area contributed by atoms with Crippen molar-refractivity contribution in [1.82, 2.24) is 9.97 Å². The van der Waals surface area contributed by atoms with Crippen molar-refractivity contribution in [2.75, 3.05) is 0 Å². The number of alkyl halides is 1. The van der Waals surface area contributed by atoms with Crippen LogP contribution in [0.4, 0.5) is 4.39 Å². The van der Waals surface area contributed by atoms with Crippen LogP contribution in [-0.2, 0) is 0 Å². The van der Waals surface area contributed by atoms with Crippen LogP contribution in [0.15, 0.2) is 16.9 Å².